The van der Waals surface area contributed by atoms with Crippen molar-refractivity contribution in [3.63, 3.8) is 0 Å². The van der Waals surface area contributed by atoms with Crippen LogP contribution in [0, 0.1) is 0 Å². The number of benzene rings is 1. The first kappa shape index (κ1) is 18.4. The smallest absolute Gasteiger partial charge is 0.319 e. The van der Waals surface area contributed by atoms with Gasteiger partial charge in [-0.1, -0.05) is 19.1 Å². The van der Waals surface area contributed by atoms with Crippen molar-refractivity contribution in [2.24, 2.45) is 0 Å². The summed E-state index contributed by atoms with van der Waals surface area (Å²) in [7, 11) is 0. The molecule has 0 unspecified atom stereocenters. The second kappa shape index (κ2) is 7.56. The first-order valence-electron chi connectivity index (χ1n) is 9.58. The summed E-state index contributed by atoms with van der Waals surface area (Å²) < 4.78 is 0. The molecule has 7 heteroatoms. The summed E-state index contributed by atoms with van der Waals surface area (Å²) in [6, 6.07) is 7.86. The van der Waals surface area contributed by atoms with Crippen LogP contribution in [0.15, 0.2) is 40.4 Å². The maximum atomic E-state index is 13.2. The largest absolute Gasteiger partial charge is 0.331 e. The van der Waals surface area contributed by atoms with Crippen LogP contribution in [0.25, 0.3) is 0 Å². The number of amides is 3. The molecule has 3 aliphatic rings. The lowest BCUT2D eigenvalue weighted by atomic mass is 9.96. The molecule has 1 saturated heterocycles. The van der Waals surface area contributed by atoms with Gasteiger partial charge in [0.2, 0.25) is 0 Å². The lowest BCUT2D eigenvalue weighted by Gasteiger charge is -2.28. The van der Waals surface area contributed by atoms with Crippen molar-refractivity contribution in [1.82, 2.24) is 20.4 Å². The van der Waals surface area contributed by atoms with Gasteiger partial charge in [0.15, 0.2) is 0 Å². The summed E-state index contributed by atoms with van der Waals surface area (Å²) in [4.78, 5) is 30.9. The van der Waals surface area contributed by atoms with E-state index in [0.29, 0.717) is 18.2 Å². The van der Waals surface area contributed by atoms with Crippen LogP contribution >= 0.6 is 11.8 Å². The lowest BCUT2D eigenvalue weighted by molar-refractivity contribution is -0.126. The van der Waals surface area contributed by atoms with Gasteiger partial charge in [-0.15, -0.1) is 11.8 Å². The predicted molar refractivity (Wildman–Crippen MR) is 107 cm³/mol. The molecule has 0 radical (unpaired) electrons. The topological polar surface area (TPSA) is 64.7 Å². The molecule has 3 heterocycles. The van der Waals surface area contributed by atoms with Crippen LogP contribution in [0.3, 0.4) is 0 Å². The van der Waals surface area contributed by atoms with Gasteiger partial charge in [0, 0.05) is 17.5 Å². The van der Waals surface area contributed by atoms with E-state index >= 15 is 0 Å². The summed E-state index contributed by atoms with van der Waals surface area (Å²) in [5.41, 5.74) is 2.39. The number of urea groups is 1. The molecule has 4 rings (SSSR count). The molecule has 0 aromatic heterocycles. The number of likely N-dealkylation sites (tertiary alicyclic amines) is 1. The molecule has 3 aliphatic heterocycles. The molecule has 0 bridgehead atoms. The van der Waals surface area contributed by atoms with Crippen molar-refractivity contribution in [1.29, 1.82) is 0 Å². The number of thioether (sulfide) groups is 1. The van der Waals surface area contributed by atoms with Gasteiger partial charge in [-0.2, -0.15) is 0 Å². The van der Waals surface area contributed by atoms with Gasteiger partial charge in [-0.25, -0.2) is 4.79 Å². The van der Waals surface area contributed by atoms with E-state index in [1.807, 2.05) is 35.4 Å². The molecule has 0 saturated carbocycles. The highest BCUT2D eigenvalue weighted by molar-refractivity contribution is 7.98. The third-order valence-electron chi connectivity index (χ3n) is 5.81. The van der Waals surface area contributed by atoms with Gasteiger partial charge in [-0.05, 0) is 49.9 Å². The zero-order valence-electron chi connectivity index (χ0n) is 15.8. The third kappa shape index (κ3) is 3.46. The molecular formula is C20H26N4O2S. The maximum Gasteiger partial charge on any atom is 0.319 e. The molecule has 2 atom stereocenters. The molecule has 6 nitrogen and oxygen atoms in total. The SMILES string of the molecule is CCN1CCC[C@H]1CN1CC2=C(C1=O)[C@H](c1ccc(SC)cc1)NC(=O)N2. The first-order chi connectivity index (χ1) is 13.1. The minimum absolute atomic E-state index is 0.0411. The Morgan fingerprint density at radius 3 is 2.70 bits per heavy atom. The van der Waals surface area contributed by atoms with Crippen LogP contribution in [-0.4, -0.2) is 60.2 Å². The first-order valence-corrected chi connectivity index (χ1v) is 10.8. The van der Waals surface area contributed by atoms with Crippen LogP contribution < -0.4 is 10.6 Å². The highest BCUT2D eigenvalue weighted by Gasteiger charge is 2.41. The van der Waals surface area contributed by atoms with Crippen LogP contribution in [0.2, 0.25) is 0 Å². The van der Waals surface area contributed by atoms with Crippen LogP contribution in [0.4, 0.5) is 4.79 Å². The number of nitrogens with one attached hydrogen (secondary N) is 2. The Balaban J connectivity index is 1.56. The van der Waals surface area contributed by atoms with E-state index in [1.165, 1.54) is 6.42 Å². The van der Waals surface area contributed by atoms with Crippen molar-refractivity contribution in [3.8, 4) is 0 Å². The Morgan fingerprint density at radius 1 is 1.22 bits per heavy atom. The van der Waals surface area contributed by atoms with Crippen molar-refractivity contribution in [3.05, 3.63) is 41.1 Å². The average molecular weight is 387 g/mol. The minimum atomic E-state index is -0.381. The molecule has 1 aromatic carbocycles. The molecule has 27 heavy (non-hydrogen) atoms. The monoisotopic (exact) mass is 386 g/mol. The Morgan fingerprint density at radius 2 is 2.00 bits per heavy atom. The Kier molecular flexibility index (Phi) is 5.14. The van der Waals surface area contributed by atoms with Gasteiger partial charge < -0.3 is 15.5 Å². The van der Waals surface area contributed by atoms with Gasteiger partial charge in [0.05, 0.1) is 23.9 Å². The number of carbonyl (C=O) groups is 2. The number of nitrogens with zero attached hydrogens (tertiary/aromatic N) is 2. The molecule has 0 spiro atoms. The zero-order valence-corrected chi connectivity index (χ0v) is 16.6. The maximum absolute atomic E-state index is 13.2. The predicted octanol–water partition coefficient (Wildman–Crippen LogP) is 2.34. The van der Waals surface area contributed by atoms with E-state index in [-0.39, 0.29) is 18.0 Å². The van der Waals surface area contributed by atoms with Gasteiger partial charge in [0.25, 0.3) is 5.91 Å². The number of carbonyl (C=O) groups excluding carboxylic acids is 2. The van der Waals surface area contributed by atoms with Crippen LogP contribution in [-0.2, 0) is 4.79 Å². The van der Waals surface area contributed by atoms with E-state index in [1.54, 1.807) is 11.8 Å². The molecule has 3 amide bonds. The molecule has 1 aromatic rings. The summed E-state index contributed by atoms with van der Waals surface area (Å²) in [6.07, 6.45) is 4.35. The summed E-state index contributed by atoms with van der Waals surface area (Å²) >= 11 is 1.67. The van der Waals surface area contributed by atoms with Gasteiger partial charge in [-0.3, -0.25) is 9.69 Å². The standard InChI is InChI=1S/C20H26N4O2S/c1-3-23-10-4-5-14(23)11-24-12-16-17(19(24)25)18(22-20(26)21-16)13-6-8-15(27-2)9-7-13/h6-9,14,18H,3-5,10-12H2,1-2H3,(H2,21,22,26)/t14-,18-/m0/s1. The molecule has 144 valence electrons. The highest BCUT2D eigenvalue weighted by Crippen LogP contribution is 2.34. The summed E-state index contributed by atoms with van der Waals surface area (Å²) in [5, 5.41) is 5.79. The summed E-state index contributed by atoms with van der Waals surface area (Å²) in [6.45, 7) is 5.52. The van der Waals surface area contributed by atoms with Crippen molar-refractivity contribution in [2.45, 2.75) is 36.7 Å². The number of hydrogen-bond acceptors (Lipinski definition) is 4. The van der Waals surface area contributed by atoms with Crippen molar-refractivity contribution >= 4 is 23.7 Å². The second-order valence-corrected chi connectivity index (χ2v) is 8.19. The fourth-order valence-electron chi connectivity index (χ4n) is 4.39. The Hall–Kier alpha value is -1.99. The number of likely N-dealkylation sites (N-methyl/N-ethyl adjacent to an activating group) is 1. The lowest BCUT2D eigenvalue weighted by Crippen LogP contribution is -2.44. The Bertz CT molecular complexity index is 777. The summed E-state index contributed by atoms with van der Waals surface area (Å²) in [5.74, 6) is 0.0411. The Labute approximate surface area is 164 Å². The second-order valence-electron chi connectivity index (χ2n) is 7.31. The average Bonchev–Trinajstić information content (AvgIpc) is 3.25. The van der Waals surface area contributed by atoms with E-state index in [2.05, 4.69) is 22.5 Å². The normalized spacial score (nSPS) is 25.6. The molecule has 0 aliphatic carbocycles. The number of rotatable bonds is 5. The van der Waals surface area contributed by atoms with Crippen LogP contribution in [0.1, 0.15) is 31.4 Å². The van der Waals surface area contributed by atoms with Crippen molar-refractivity contribution < 1.29 is 9.59 Å². The zero-order chi connectivity index (χ0) is 19.0. The van der Waals surface area contributed by atoms with Crippen LogP contribution in [0.5, 0.6) is 0 Å². The molecular weight excluding hydrogens is 360 g/mol. The van der Waals surface area contributed by atoms with E-state index in [9.17, 15) is 9.59 Å². The highest BCUT2D eigenvalue weighted by atomic mass is 32.2. The molecule has 1 fully saturated rings. The van der Waals surface area contributed by atoms with E-state index in [0.717, 1.165) is 42.2 Å². The third-order valence-corrected chi connectivity index (χ3v) is 6.55. The van der Waals surface area contributed by atoms with Crippen molar-refractivity contribution in [2.75, 3.05) is 32.4 Å². The quantitative estimate of drug-likeness (QED) is 0.763. The van der Waals surface area contributed by atoms with Gasteiger partial charge in [0.1, 0.15) is 0 Å². The van der Waals surface area contributed by atoms with E-state index in [4.69, 9.17) is 0 Å². The minimum Gasteiger partial charge on any atom is -0.331 e. The number of hydrogen-bond donors (Lipinski definition) is 2. The molecule has 2 N–H and O–H groups in total. The fraction of sp³-hybridized carbons (Fsp3) is 0.500. The van der Waals surface area contributed by atoms with E-state index < -0.39 is 0 Å². The fourth-order valence-corrected chi connectivity index (χ4v) is 4.80. The van der Waals surface area contributed by atoms with Gasteiger partial charge >= 0.3 is 6.03 Å².